The summed E-state index contributed by atoms with van der Waals surface area (Å²) in [5, 5.41) is 13.9. The molecule has 0 unspecified atom stereocenters. The predicted octanol–water partition coefficient (Wildman–Crippen LogP) is 2.82. The molecule has 1 N–H and O–H groups in total. The van der Waals surface area contributed by atoms with Crippen LogP contribution in [0.1, 0.15) is 20.3 Å². The first-order chi connectivity index (χ1) is 8.69. The average Bonchev–Trinajstić information content (AvgIpc) is 2.35. The maximum atomic E-state index is 10.8. The third-order valence-electron chi connectivity index (χ3n) is 2.21. The number of ether oxygens (including phenoxy) is 1. The Morgan fingerprint density at radius 2 is 2.28 bits per heavy atom. The molecule has 96 valence electrons. The molecule has 0 aliphatic carbocycles. The van der Waals surface area contributed by atoms with Crippen molar-refractivity contribution in [2.75, 3.05) is 18.5 Å². The van der Waals surface area contributed by atoms with Gasteiger partial charge in [-0.2, -0.15) is 0 Å². The molecule has 0 aromatic heterocycles. The van der Waals surface area contributed by atoms with Crippen molar-refractivity contribution in [3.63, 3.8) is 0 Å². The van der Waals surface area contributed by atoms with Crippen LogP contribution in [0.25, 0.3) is 0 Å². The molecular weight excluding hydrogens is 232 g/mol. The fraction of sp³-hybridized carbons (Fsp3) is 0.385. The fourth-order valence-corrected chi connectivity index (χ4v) is 1.44. The monoisotopic (exact) mass is 248 g/mol. The van der Waals surface area contributed by atoms with Crippen molar-refractivity contribution in [2.24, 2.45) is 0 Å². The van der Waals surface area contributed by atoms with Gasteiger partial charge in [-0.1, -0.05) is 0 Å². The molecular formula is C13H16N2O3. The van der Waals surface area contributed by atoms with Crippen molar-refractivity contribution in [1.82, 2.24) is 0 Å². The second-order valence-corrected chi connectivity index (χ2v) is 3.48. The van der Waals surface area contributed by atoms with E-state index in [0.717, 1.165) is 12.1 Å². The van der Waals surface area contributed by atoms with Crippen molar-refractivity contribution in [3.8, 4) is 17.6 Å². The molecule has 1 aromatic rings. The van der Waals surface area contributed by atoms with Crippen LogP contribution in [0, 0.1) is 22.0 Å². The summed E-state index contributed by atoms with van der Waals surface area (Å²) in [6, 6.07) is 4.75. The summed E-state index contributed by atoms with van der Waals surface area (Å²) in [4.78, 5) is 10.3. The van der Waals surface area contributed by atoms with Crippen LogP contribution in [0.3, 0.4) is 0 Å². The van der Waals surface area contributed by atoms with Gasteiger partial charge >= 0.3 is 5.69 Å². The van der Waals surface area contributed by atoms with E-state index in [2.05, 4.69) is 17.2 Å². The van der Waals surface area contributed by atoms with Crippen LogP contribution in [-0.2, 0) is 0 Å². The van der Waals surface area contributed by atoms with Crippen LogP contribution in [0.5, 0.6) is 5.75 Å². The summed E-state index contributed by atoms with van der Waals surface area (Å²) in [6.07, 6.45) is 0.734. The zero-order chi connectivity index (χ0) is 13.4. The highest BCUT2D eigenvalue weighted by atomic mass is 16.6. The molecule has 0 saturated carbocycles. The number of nitrogens with one attached hydrogen (secondary N) is 1. The molecule has 0 spiro atoms. The van der Waals surface area contributed by atoms with Gasteiger partial charge in [0.15, 0.2) is 5.75 Å². The van der Waals surface area contributed by atoms with Gasteiger partial charge in [0.2, 0.25) is 0 Å². The lowest BCUT2D eigenvalue weighted by molar-refractivity contribution is -0.385. The van der Waals surface area contributed by atoms with Gasteiger partial charge in [-0.05, 0) is 19.9 Å². The third kappa shape index (κ3) is 3.98. The van der Waals surface area contributed by atoms with Gasteiger partial charge in [0, 0.05) is 30.8 Å². The van der Waals surface area contributed by atoms with Crippen molar-refractivity contribution in [3.05, 3.63) is 28.3 Å². The molecule has 0 fully saturated rings. The first-order valence-corrected chi connectivity index (χ1v) is 5.73. The lowest BCUT2D eigenvalue weighted by Crippen LogP contribution is -2.02. The normalized spacial score (nSPS) is 9.22. The molecule has 1 rings (SSSR count). The third-order valence-corrected chi connectivity index (χ3v) is 2.21. The quantitative estimate of drug-likeness (QED) is 0.364. The predicted molar refractivity (Wildman–Crippen MR) is 70.8 cm³/mol. The van der Waals surface area contributed by atoms with E-state index in [1.54, 1.807) is 26.0 Å². The van der Waals surface area contributed by atoms with E-state index in [1.807, 2.05) is 0 Å². The molecule has 5 nitrogen and oxygen atoms in total. The van der Waals surface area contributed by atoms with Gasteiger partial charge in [0.05, 0.1) is 11.5 Å². The van der Waals surface area contributed by atoms with E-state index in [0.29, 0.717) is 13.2 Å². The van der Waals surface area contributed by atoms with E-state index in [1.165, 1.54) is 6.07 Å². The van der Waals surface area contributed by atoms with Gasteiger partial charge in [0.25, 0.3) is 0 Å². The summed E-state index contributed by atoms with van der Waals surface area (Å²) in [5.74, 6) is 6.03. The second kappa shape index (κ2) is 7.17. The topological polar surface area (TPSA) is 64.4 Å². The number of anilines is 1. The largest absolute Gasteiger partial charge is 0.487 e. The molecule has 0 aliphatic rings. The van der Waals surface area contributed by atoms with Crippen LogP contribution in [-0.4, -0.2) is 18.1 Å². The van der Waals surface area contributed by atoms with Crippen molar-refractivity contribution in [2.45, 2.75) is 20.3 Å². The zero-order valence-electron chi connectivity index (χ0n) is 10.5. The Morgan fingerprint density at radius 3 is 2.89 bits per heavy atom. The summed E-state index contributed by atoms with van der Waals surface area (Å²) < 4.78 is 5.26. The Kier molecular flexibility index (Phi) is 5.52. The van der Waals surface area contributed by atoms with Crippen LogP contribution in [0.15, 0.2) is 18.2 Å². The van der Waals surface area contributed by atoms with Gasteiger partial charge in [-0.3, -0.25) is 10.1 Å². The van der Waals surface area contributed by atoms with E-state index >= 15 is 0 Å². The van der Waals surface area contributed by atoms with Crippen LogP contribution in [0.2, 0.25) is 0 Å². The second-order valence-electron chi connectivity index (χ2n) is 3.48. The van der Waals surface area contributed by atoms with Crippen LogP contribution in [0.4, 0.5) is 11.4 Å². The van der Waals surface area contributed by atoms with Crippen LogP contribution < -0.4 is 10.1 Å². The number of nitro benzene ring substituents is 1. The number of hydrogen-bond donors (Lipinski definition) is 1. The first kappa shape index (κ1) is 13.8. The maximum Gasteiger partial charge on any atom is 0.311 e. The van der Waals surface area contributed by atoms with E-state index < -0.39 is 4.92 Å². The summed E-state index contributed by atoms with van der Waals surface area (Å²) >= 11 is 0. The Hall–Kier alpha value is -2.22. The molecule has 0 aliphatic heterocycles. The SMILES string of the molecule is CC#CCCNc1ccc([N+](=O)[O-])c(OCC)c1. The smallest absolute Gasteiger partial charge is 0.311 e. The van der Waals surface area contributed by atoms with Crippen molar-refractivity contribution >= 4 is 11.4 Å². The number of benzene rings is 1. The molecule has 0 saturated heterocycles. The first-order valence-electron chi connectivity index (χ1n) is 5.73. The highest BCUT2D eigenvalue weighted by Crippen LogP contribution is 2.29. The summed E-state index contributed by atoms with van der Waals surface area (Å²) in [7, 11) is 0. The Morgan fingerprint density at radius 1 is 1.50 bits per heavy atom. The molecule has 0 radical (unpaired) electrons. The molecule has 0 atom stereocenters. The Labute approximate surface area is 106 Å². The van der Waals surface area contributed by atoms with E-state index in [9.17, 15) is 10.1 Å². The van der Waals surface area contributed by atoms with Gasteiger partial charge < -0.3 is 10.1 Å². The molecule has 0 amide bonds. The summed E-state index contributed by atoms with van der Waals surface area (Å²) in [6.45, 7) is 4.68. The fourth-order valence-electron chi connectivity index (χ4n) is 1.44. The molecule has 5 heteroatoms. The van der Waals surface area contributed by atoms with Crippen LogP contribution >= 0.6 is 0 Å². The van der Waals surface area contributed by atoms with Crippen molar-refractivity contribution in [1.29, 1.82) is 0 Å². The zero-order valence-corrected chi connectivity index (χ0v) is 10.5. The molecule has 18 heavy (non-hydrogen) atoms. The minimum atomic E-state index is -0.447. The summed E-state index contributed by atoms with van der Waals surface area (Å²) in [5.41, 5.74) is 0.776. The number of nitro groups is 1. The standard InChI is InChI=1S/C13H16N2O3/c1-3-5-6-9-14-11-7-8-12(15(16)17)13(10-11)18-4-2/h7-8,10,14H,4,6,9H2,1-2H3. The van der Waals surface area contributed by atoms with Gasteiger partial charge in [-0.25, -0.2) is 0 Å². The highest BCUT2D eigenvalue weighted by Gasteiger charge is 2.14. The van der Waals surface area contributed by atoms with Gasteiger partial charge in [-0.15, -0.1) is 11.8 Å². The minimum absolute atomic E-state index is 0.0178. The number of rotatable bonds is 6. The number of nitrogens with zero attached hydrogens (tertiary/aromatic N) is 1. The van der Waals surface area contributed by atoms with Gasteiger partial charge in [0.1, 0.15) is 0 Å². The Bertz CT molecular complexity index is 475. The van der Waals surface area contributed by atoms with E-state index in [4.69, 9.17) is 4.74 Å². The van der Waals surface area contributed by atoms with Crippen molar-refractivity contribution < 1.29 is 9.66 Å². The highest BCUT2D eigenvalue weighted by molar-refractivity contribution is 5.58. The molecule has 0 heterocycles. The lowest BCUT2D eigenvalue weighted by Gasteiger charge is -2.08. The molecule has 0 bridgehead atoms. The number of hydrogen-bond acceptors (Lipinski definition) is 4. The minimum Gasteiger partial charge on any atom is -0.487 e. The molecule has 1 aromatic carbocycles. The lowest BCUT2D eigenvalue weighted by atomic mass is 10.2. The Balaban J connectivity index is 2.78. The average molecular weight is 248 g/mol. The van der Waals surface area contributed by atoms with E-state index in [-0.39, 0.29) is 11.4 Å². The maximum absolute atomic E-state index is 10.8.